The Morgan fingerprint density at radius 2 is 1.50 bits per heavy atom. The van der Waals surface area contributed by atoms with Gasteiger partial charge in [-0.2, -0.15) is 8.42 Å². The van der Waals surface area contributed by atoms with Crippen LogP contribution in [0.1, 0.15) is 21.5 Å². The quantitative estimate of drug-likeness (QED) is 0.292. The van der Waals surface area contributed by atoms with Crippen LogP contribution >= 0.6 is 0 Å². The summed E-state index contributed by atoms with van der Waals surface area (Å²) in [6.07, 6.45) is 0. The first kappa shape index (κ1) is 24.7. The van der Waals surface area contributed by atoms with E-state index >= 15 is 0 Å². The summed E-state index contributed by atoms with van der Waals surface area (Å²) in [6.45, 7) is 1.40. The summed E-state index contributed by atoms with van der Waals surface area (Å²) >= 11 is 0. The molecule has 0 aromatic heterocycles. The molecule has 0 fully saturated rings. The average molecular weight is 481 g/mol. The van der Waals surface area contributed by atoms with Gasteiger partial charge in [-0.05, 0) is 43.3 Å². The lowest BCUT2D eigenvalue weighted by atomic mass is 10.2. The average Bonchev–Trinajstić information content (AvgIpc) is 2.83. The smallest absolute Gasteiger partial charge is 0.342 e. The van der Waals surface area contributed by atoms with Crippen molar-refractivity contribution in [2.45, 2.75) is 11.8 Å². The van der Waals surface area contributed by atoms with E-state index in [0.29, 0.717) is 5.56 Å². The number of sulfonamides is 1. The van der Waals surface area contributed by atoms with Crippen molar-refractivity contribution in [3.63, 3.8) is 0 Å². The van der Waals surface area contributed by atoms with Gasteiger partial charge in [0.1, 0.15) is 11.3 Å². The topological polar surface area (TPSA) is 102 Å². The second-order valence-corrected chi connectivity index (χ2v) is 9.12. The van der Waals surface area contributed by atoms with Crippen molar-refractivity contribution in [2.24, 2.45) is 4.40 Å². The van der Waals surface area contributed by atoms with Crippen LogP contribution in [-0.4, -0.2) is 51.8 Å². The van der Waals surface area contributed by atoms with E-state index in [-0.39, 0.29) is 28.0 Å². The zero-order valence-electron chi connectivity index (χ0n) is 19.0. The molecule has 0 heterocycles. The Morgan fingerprint density at radius 3 is 2.15 bits per heavy atom. The molecular weight excluding hydrogens is 456 g/mol. The van der Waals surface area contributed by atoms with E-state index in [4.69, 9.17) is 9.47 Å². The van der Waals surface area contributed by atoms with E-state index in [9.17, 15) is 18.0 Å². The van der Waals surface area contributed by atoms with Crippen molar-refractivity contribution in [1.82, 2.24) is 4.90 Å². The number of esters is 1. The third-order valence-electron chi connectivity index (χ3n) is 4.68. The van der Waals surface area contributed by atoms with Gasteiger partial charge in [0.2, 0.25) is 5.90 Å². The van der Waals surface area contributed by atoms with Gasteiger partial charge in [-0.25, -0.2) is 4.79 Å². The molecule has 0 bridgehead atoms. The lowest BCUT2D eigenvalue weighted by molar-refractivity contribution is -0.131. The Bertz CT molecular complexity index is 1300. The number of likely N-dealkylation sites (N-methyl/N-ethyl adjacent to an activating group) is 1. The van der Waals surface area contributed by atoms with Crippen LogP contribution in [0.2, 0.25) is 0 Å². The number of aryl methyl sites for hydroxylation is 1. The zero-order valence-corrected chi connectivity index (χ0v) is 19.8. The molecule has 0 saturated carbocycles. The van der Waals surface area contributed by atoms with Gasteiger partial charge in [-0.15, -0.1) is 4.40 Å². The van der Waals surface area contributed by atoms with E-state index in [0.717, 1.165) is 5.56 Å². The molecule has 3 aromatic rings. The summed E-state index contributed by atoms with van der Waals surface area (Å²) in [4.78, 5) is 25.7. The molecule has 0 atom stereocenters. The fourth-order valence-electron chi connectivity index (χ4n) is 2.75. The van der Waals surface area contributed by atoms with Crippen molar-refractivity contribution in [3.8, 4) is 5.75 Å². The van der Waals surface area contributed by atoms with E-state index in [1.54, 1.807) is 68.7 Å². The first-order valence-corrected chi connectivity index (χ1v) is 11.7. The standard InChI is InChI=1S/C25H24N2O6S/c1-18-13-15-20(16-14-18)34(30,31)26-24(19-9-5-4-6-10-19)33-22-12-8-7-11-21(22)25(29)32-17-23(28)27(2)3/h4-16H,17H2,1-3H3/b26-24-. The molecule has 0 aliphatic rings. The van der Waals surface area contributed by atoms with Gasteiger partial charge in [0.15, 0.2) is 6.61 Å². The van der Waals surface area contributed by atoms with Crippen LogP contribution in [0.5, 0.6) is 5.75 Å². The molecule has 3 rings (SSSR count). The van der Waals surface area contributed by atoms with Gasteiger partial charge in [-0.3, -0.25) is 4.79 Å². The SMILES string of the molecule is Cc1ccc(S(=O)(=O)/N=C(\Oc2ccccc2C(=O)OCC(=O)N(C)C)c2ccccc2)cc1. The fraction of sp³-hybridized carbons (Fsp3) is 0.160. The minimum absolute atomic E-state index is 0.00465. The Balaban J connectivity index is 1.98. The fourth-order valence-corrected chi connectivity index (χ4v) is 3.69. The molecule has 0 N–H and O–H groups in total. The van der Waals surface area contributed by atoms with E-state index in [2.05, 4.69) is 4.40 Å². The van der Waals surface area contributed by atoms with Gasteiger partial charge in [-0.1, -0.05) is 48.0 Å². The number of rotatable bonds is 7. The van der Waals surface area contributed by atoms with Crippen molar-refractivity contribution < 1.29 is 27.5 Å². The number of benzene rings is 3. The monoisotopic (exact) mass is 480 g/mol. The van der Waals surface area contributed by atoms with Crippen LogP contribution in [0.3, 0.4) is 0 Å². The Morgan fingerprint density at radius 1 is 0.882 bits per heavy atom. The van der Waals surface area contributed by atoms with E-state index in [1.165, 1.54) is 29.2 Å². The molecule has 0 radical (unpaired) electrons. The Kier molecular flexibility index (Phi) is 7.80. The normalized spacial score (nSPS) is 11.6. The highest BCUT2D eigenvalue weighted by molar-refractivity contribution is 7.90. The summed E-state index contributed by atoms with van der Waals surface area (Å²) in [5.74, 6) is -1.36. The summed E-state index contributed by atoms with van der Waals surface area (Å²) in [5, 5.41) is 0. The molecular formula is C25H24N2O6S. The van der Waals surface area contributed by atoms with Gasteiger partial charge < -0.3 is 14.4 Å². The predicted molar refractivity (Wildman–Crippen MR) is 127 cm³/mol. The molecule has 0 unspecified atom stereocenters. The lowest BCUT2D eigenvalue weighted by Crippen LogP contribution is -2.27. The Labute approximate surface area is 198 Å². The number of para-hydroxylation sites is 1. The first-order chi connectivity index (χ1) is 16.2. The van der Waals surface area contributed by atoms with Crippen molar-refractivity contribution in [3.05, 3.63) is 95.6 Å². The molecule has 1 amide bonds. The van der Waals surface area contributed by atoms with Gasteiger partial charge in [0.05, 0.1) is 4.90 Å². The summed E-state index contributed by atoms with van der Waals surface area (Å²) in [6, 6.07) is 20.9. The summed E-state index contributed by atoms with van der Waals surface area (Å²) < 4.78 is 40.8. The van der Waals surface area contributed by atoms with Crippen LogP contribution in [0.15, 0.2) is 88.2 Å². The highest BCUT2D eigenvalue weighted by Crippen LogP contribution is 2.22. The van der Waals surface area contributed by atoms with Gasteiger partial charge >= 0.3 is 5.97 Å². The number of amides is 1. The maximum absolute atomic E-state index is 13.0. The van der Waals surface area contributed by atoms with Crippen molar-refractivity contribution >= 4 is 27.8 Å². The first-order valence-electron chi connectivity index (χ1n) is 10.3. The largest absolute Gasteiger partial charge is 0.452 e. The van der Waals surface area contributed by atoms with E-state index in [1.807, 2.05) is 6.92 Å². The third kappa shape index (κ3) is 6.29. The highest BCUT2D eigenvalue weighted by Gasteiger charge is 2.21. The van der Waals surface area contributed by atoms with Crippen molar-refractivity contribution in [2.75, 3.05) is 20.7 Å². The van der Waals surface area contributed by atoms with Gasteiger partial charge in [0.25, 0.3) is 15.9 Å². The molecule has 8 nitrogen and oxygen atoms in total. The molecule has 176 valence electrons. The molecule has 0 saturated heterocycles. The summed E-state index contributed by atoms with van der Waals surface area (Å²) in [5.41, 5.74) is 1.32. The minimum atomic E-state index is -4.11. The molecule has 0 spiro atoms. The van der Waals surface area contributed by atoms with Crippen LogP contribution in [0.4, 0.5) is 0 Å². The number of ether oxygens (including phenoxy) is 2. The summed E-state index contributed by atoms with van der Waals surface area (Å²) in [7, 11) is -1.02. The second kappa shape index (κ2) is 10.8. The molecule has 3 aromatic carbocycles. The molecule has 34 heavy (non-hydrogen) atoms. The zero-order chi connectivity index (χ0) is 24.7. The maximum Gasteiger partial charge on any atom is 0.342 e. The van der Waals surface area contributed by atoms with Crippen molar-refractivity contribution in [1.29, 1.82) is 0 Å². The minimum Gasteiger partial charge on any atom is -0.452 e. The number of hydrogen-bond donors (Lipinski definition) is 0. The van der Waals surface area contributed by atoms with Crippen LogP contribution < -0.4 is 4.74 Å². The van der Waals surface area contributed by atoms with Crippen LogP contribution in [-0.2, 0) is 19.6 Å². The second-order valence-electron chi connectivity index (χ2n) is 7.51. The van der Waals surface area contributed by atoms with Crippen LogP contribution in [0.25, 0.3) is 0 Å². The number of hydrogen-bond acceptors (Lipinski definition) is 6. The van der Waals surface area contributed by atoms with E-state index < -0.39 is 22.6 Å². The number of carbonyl (C=O) groups is 2. The molecule has 0 aliphatic carbocycles. The van der Waals surface area contributed by atoms with Gasteiger partial charge in [0, 0.05) is 19.7 Å². The lowest BCUT2D eigenvalue weighted by Gasteiger charge is -2.14. The molecule has 9 heteroatoms. The van der Waals surface area contributed by atoms with Crippen LogP contribution in [0, 0.1) is 6.92 Å². The molecule has 0 aliphatic heterocycles. The Hall–Kier alpha value is -3.98. The maximum atomic E-state index is 13.0. The third-order valence-corrected chi connectivity index (χ3v) is 5.96. The highest BCUT2D eigenvalue weighted by atomic mass is 32.2. The predicted octanol–water partition coefficient (Wildman–Crippen LogP) is 3.45. The number of nitrogens with zero attached hydrogens (tertiary/aromatic N) is 2. The number of carbonyl (C=O) groups excluding carboxylic acids is 2.